The fourth-order valence-corrected chi connectivity index (χ4v) is 5.81. The largest absolute Gasteiger partial charge is 0.445 e. The highest BCUT2D eigenvalue weighted by Crippen LogP contribution is 2.39. The number of carbonyl (C=O) groups excluding carboxylic acids is 3. The average Bonchev–Trinajstić information content (AvgIpc) is 3.32. The van der Waals surface area contributed by atoms with Crippen molar-refractivity contribution >= 4 is 35.4 Å². The molecular formula is C32H34N2O8S. The molecule has 3 N–H and O–H groups in total. The van der Waals surface area contributed by atoms with E-state index in [0.717, 1.165) is 21.6 Å². The Morgan fingerprint density at radius 3 is 2.49 bits per heavy atom. The maximum atomic E-state index is 13.2. The van der Waals surface area contributed by atoms with E-state index in [-0.39, 0.29) is 38.4 Å². The predicted octanol–water partition coefficient (Wildman–Crippen LogP) is 4.01. The summed E-state index contributed by atoms with van der Waals surface area (Å²) in [6, 6.07) is 22.5. The number of nitrogens with one attached hydrogen (secondary N) is 1. The summed E-state index contributed by atoms with van der Waals surface area (Å²) in [6.45, 7) is 0.0641. The first-order chi connectivity index (χ1) is 20.9. The molecule has 226 valence electrons. The number of carbonyl (C=O) groups is 3. The Bertz CT molecular complexity index is 1400. The summed E-state index contributed by atoms with van der Waals surface area (Å²) in [7, 11) is 0. The maximum absolute atomic E-state index is 13.2. The van der Waals surface area contributed by atoms with Crippen LogP contribution in [0.5, 0.6) is 0 Å². The molecule has 2 heterocycles. The molecule has 1 unspecified atom stereocenters. The quantitative estimate of drug-likeness (QED) is 0.219. The number of aliphatic hydroxyl groups is 2. The number of hydrogen-bond donors (Lipinski definition) is 3. The van der Waals surface area contributed by atoms with Crippen molar-refractivity contribution in [1.82, 2.24) is 5.32 Å². The summed E-state index contributed by atoms with van der Waals surface area (Å²) in [5.74, 6) is 0.248. The molecule has 2 fully saturated rings. The molecular weight excluding hydrogens is 572 g/mol. The first-order valence-electron chi connectivity index (χ1n) is 14.1. The van der Waals surface area contributed by atoms with Gasteiger partial charge in [-0.1, -0.05) is 66.7 Å². The minimum Gasteiger partial charge on any atom is -0.445 e. The number of aliphatic hydroxyl groups excluding tert-OH is 2. The van der Waals surface area contributed by atoms with Gasteiger partial charge in [-0.2, -0.15) is 11.8 Å². The third-order valence-electron chi connectivity index (χ3n) is 7.21. The molecule has 43 heavy (non-hydrogen) atoms. The number of benzene rings is 3. The van der Waals surface area contributed by atoms with Gasteiger partial charge in [-0.15, -0.1) is 0 Å². The number of alkyl carbamates (subject to hydrolysis) is 1. The summed E-state index contributed by atoms with van der Waals surface area (Å²) in [5.41, 5.74) is 3.52. The van der Waals surface area contributed by atoms with Crippen LogP contribution in [-0.4, -0.2) is 58.4 Å². The standard InChI is InChI=1S/C32H34N2O8S/c35-13-14-43-20-26-16-28(23-11-9-21(18-36)10-12-23)42-31(41-26)24-7-4-8-25(15-24)34-29(37)17-27(30(34)38)33-32(39)40-19-22-5-2-1-3-6-22/h1-12,15,26-28,31,35-36H,13-14,16-20H2,(H,33,39)/t26-,27?,28+,31+/m0/s1. The summed E-state index contributed by atoms with van der Waals surface area (Å²) < 4.78 is 17.9. The molecule has 3 aromatic rings. The second-order valence-corrected chi connectivity index (χ2v) is 11.4. The van der Waals surface area contributed by atoms with Crippen molar-refractivity contribution in [2.75, 3.05) is 23.0 Å². The zero-order valence-corrected chi connectivity index (χ0v) is 24.3. The van der Waals surface area contributed by atoms with Gasteiger partial charge >= 0.3 is 6.09 Å². The SMILES string of the molecule is O=C(NC1CC(=O)N(c2cccc([C@@H]3O[C@H](CSCCO)C[C@H](c4ccc(CO)cc4)O3)c2)C1=O)OCc1ccccc1. The van der Waals surface area contributed by atoms with Crippen LogP contribution in [0.4, 0.5) is 10.5 Å². The molecule has 10 nitrogen and oxygen atoms in total. The number of amides is 3. The number of imide groups is 1. The van der Waals surface area contributed by atoms with E-state index in [2.05, 4.69) is 5.32 Å². The normalized spacial score (nSPS) is 22.0. The molecule has 2 aliphatic heterocycles. The van der Waals surface area contributed by atoms with Gasteiger partial charge in [0.25, 0.3) is 5.91 Å². The van der Waals surface area contributed by atoms with Gasteiger partial charge in [0.1, 0.15) is 12.6 Å². The van der Waals surface area contributed by atoms with Crippen LogP contribution in [0.3, 0.4) is 0 Å². The first-order valence-corrected chi connectivity index (χ1v) is 15.2. The van der Waals surface area contributed by atoms with Gasteiger partial charge in [-0.3, -0.25) is 9.59 Å². The molecule has 0 bridgehead atoms. The van der Waals surface area contributed by atoms with Gasteiger partial charge in [0.15, 0.2) is 6.29 Å². The molecule has 2 saturated heterocycles. The molecule has 0 aliphatic carbocycles. The summed E-state index contributed by atoms with van der Waals surface area (Å²) in [5, 5.41) is 21.2. The Kier molecular flexibility index (Phi) is 10.4. The van der Waals surface area contributed by atoms with Gasteiger partial charge in [-0.25, -0.2) is 9.69 Å². The fraction of sp³-hybridized carbons (Fsp3) is 0.344. The second-order valence-electron chi connectivity index (χ2n) is 10.3. The zero-order chi connectivity index (χ0) is 30.2. The third-order valence-corrected chi connectivity index (χ3v) is 8.29. The Morgan fingerprint density at radius 2 is 1.74 bits per heavy atom. The summed E-state index contributed by atoms with van der Waals surface area (Å²) >= 11 is 1.59. The number of ether oxygens (including phenoxy) is 3. The highest BCUT2D eigenvalue weighted by molar-refractivity contribution is 7.99. The molecule has 11 heteroatoms. The van der Waals surface area contributed by atoms with Gasteiger partial charge in [0, 0.05) is 23.5 Å². The van der Waals surface area contributed by atoms with Crippen LogP contribution >= 0.6 is 11.8 Å². The average molecular weight is 607 g/mol. The Morgan fingerprint density at radius 1 is 0.953 bits per heavy atom. The summed E-state index contributed by atoms with van der Waals surface area (Å²) in [6.07, 6.45) is -1.60. The molecule has 0 saturated carbocycles. The Hall–Kier alpha value is -3.74. The monoisotopic (exact) mass is 606 g/mol. The predicted molar refractivity (Wildman–Crippen MR) is 160 cm³/mol. The second kappa shape index (κ2) is 14.6. The highest BCUT2D eigenvalue weighted by atomic mass is 32.2. The maximum Gasteiger partial charge on any atom is 0.408 e. The van der Waals surface area contributed by atoms with Gasteiger partial charge in [0.05, 0.1) is 37.5 Å². The van der Waals surface area contributed by atoms with Crippen LogP contribution in [0.2, 0.25) is 0 Å². The minimum absolute atomic E-state index is 0.0424. The lowest BCUT2D eigenvalue weighted by Crippen LogP contribution is -2.42. The van der Waals surface area contributed by atoms with Crippen LogP contribution in [0.1, 0.15) is 47.5 Å². The van der Waals surface area contributed by atoms with E-state index in [9.17, 15) is 24.6 Å². The van der Waals surface area contributed by atoms with Gasteiger partial charge in [-0.05, 0) is 28.8 Å². The lowest BCUT2D eigenvalue weighted by atomic mass is 10.0. The van der Waals surface area contributed by atoms with Crippen LogP contribution in [-0.2, 0) is 37.0 Å². The van der Waals surface area contributed by atoms with Crippen molar-refractivity contribution in [1.29, 1.82) is 0 Å². The number of rotatable bonds is 11. The first kappa shape index (κ1) is 30.7. The lowest BCUT2D eigenvalue weighted by Gasteiger charge is -2.36. The highest BCUT2D eigenvalue weighted by Gasteiger charge is 2.41. The van der Waals surface area contributed by atoms with E-state index < -0.39 is 30.2 Å². The van der Waals surface area contributed by atoms with Crippen molar-refractivity contribution in [3.63, 3.8) is 0 Å². The minimum atomic E-state index is -1.04. The third kappa shape index (κ3) is 7.81. The van der Waals surface area contributed by atoms with Crippen molar-refractivity contribution in [3.8, 4) is 0 Å². The molecule has 0 spiro atoms. The number of nitrogens with zero attached hydrogens (tertiary/aromatic N) is 1. The summed E-state index contributed by atoms with van der Waals surface area (Å²) in [4.78, 5) is 39.6. The van der Waals surface area contributed by atoms with Crippen molar-refractivity contribution < 1.29 is 38.8 Å². The molecule has 3 aromatic carbocycles. The fourth-order valence-electron chi connectivity index (χ4n) is 5.04. The van der Waals surface area contributed by atoms with Crippen molar-refractivity contribution in [3.05, 3.63) is 101 Å². The smallest absolute Gasteiger partial charge is 0.408 e. The van der Waals surface area contributed by atoms with Crippen molar-refractivity contribution in [2.24, 2.45) is 0 Å². The van der Waals surface area contributed by atoms with E-state index in [1.54, 1.807) is 30.0 Å². The molecule has 4 atom stereocenters. The zero-order valence-electron chi connectivity index (χ0n) is 23.5. The number of thioether (sulfide) groups is 1. The van der Waals surface area contributed by atoms with E-state index in [1.165, 1.54) is 0 Å². The number of hydrogen-bond acceptors (Lipinski definition) is 9. The lowest BCUT2D eigenvalue weighted by molar-refractivity contribution is -0.245. The molecule has 3 amide bonds. The van der Waals surface area contributed by atoms with Crippen LogP contribution in [0.15, 0.2) is 78.9 Å². The Labute approximate surface area is 253 Å². The number of anilines is 1. The van der Waals surface area contributed by atoms with Gasteiger partial charge in [0.2, 0.25) is 5.91 Å². The molecule has 0 aromatic heterocycles. The molecule has 5 rings (SSSR count). The van der Waals surface area contributed by atoms with Crippen molar-refractivity contribution in [2.45, 2.75) is 50.6 Å². The Balaban J connectivity index is 1.28. The molecule has 0 radical (unpaired) electrons. The van der Waals surface area contributed by atoms with Gasteiger partial charge < -0.3 is 29.7 Å². The van der Waals surface area contributed by atoms with Crippen LogP contribution in [0.25, 0.3) is 0 Å². The van der Waals surface area contributed by atoms with Crippen LogP contribution < -0.4 is 10.2 Å². The van der Waals surface area contributed by atoms with E-state index in [1.807, 2.05) is 60.7 Å². The van der Waals surface area contributed by atoms with Crippen LogP contribution in [0, 0.1) is 0 Å². The molecule has 2 aliphatic rings. The van der Waals surface area contributed by atoms with E-state index in [0.29, 0.717) is 29.2 Å². The topological polar surface area (TPSA) is 135 Å². The van der Waals surface area contributed by atoms with E-state index in [4.69, 9.17) is 14.2 Å². The van der Waals surface area contributed by atoms with E-state index >= 15 is 0 Å².